The van der Waals surface area contributed by atoms with Crippen LogP contribution < -0.4 is 11.3 Å². The highest BCUT2D eigenvalue weighted by Crippen LogP contribution is 2.23. The predicted molar refractivity (Wildman–Crippen MR) is 72.5 cm³/mol. The highest BCUT2D eigenvalue weighted by Gasteiger charge is 2.28. The number of ether oxygens (including phenoxy) is 1. The first-order valence-corrected chi connectivity index (χ1v) is 6.84. The molecule has 2 rings (SSSR count). The summed E-state index contributed by atoms with van der Waals surface area (Å²) in [6, 6.07) is 8.54. The van der Waals surface area contributed by atoms with Crippen LogP contribution in [0.3, 0.4) is 0 Å². The average Bonchev–Trinajstić information content (AvgIpc) is 2.75. The molecule has 1 fully saturated rings. The molecule has 1 aromatic carbocycles. The van der Waals surface area contributed by atoms with E-state index in [1.807, 2.05) is 0 Å². The quantitative estimate of drug-likeness (QED) is 0.663. The molecule has 0 amide bonds. The van der Waals surface area contributed by atoms with Crippen molar-refractivity contribution in [3.8, 4) is 0 Å². The summed E-state index contributed by atoms with van der Waals surface area (Å²) in [6.07, 6.45) is 3.72. The first kappa shape index (κ1) is 13.0. The van der Waals surface area contributed by atoms with E-state index in [1.54, 1.807) is 0 Å². The summed E-state index contributed by atoms with van der Waals surface area (Å²) in [5, 5.41) is 0. The smallest absolute Gasteiger partial charge is 0.0749 e. The van der Waals surface area contributed by atoms with Gasteiger partial charge in [-0.1, -0.05) is 28.1 Å². The number of nitrogens with two attached hydrogens (primary N) is 1. The van der Waals surface area contributed by atoms with Gasteiger partial charge >= 0.3 is 0 Å². The van der Waals surface area contributed by atoms with Crippen LogP contribution in [0.5, 0.6) is 0 Å². The summed E-state index contributed by atoms with van der Waals surface area (Å²) in [6.45, 7) is 2.12. The number of rotatable bonds is 4. The Morgan fingerprint density at radius 1 is 1.41 bits per heavy atom. The van der Waals surface area contributed by atoms with Gasteiger partial charge in [-0.2, -0.15) is 0 Å². The minimum atomic E-state index is 0.195. The lowest BCUT2D eigenvalue weighted by Gasteiger charge is -2.22. The number of hydrogen-bond acceptors (Lipinski definition) is 3. The minimum Gasteiger partial charge on any atom is -0.374 e. The Hall–Kier alpha value is -0.420. The monoisotopic (exact) mass is 298 g/mol. The fraction of sp³-hybridized carbons (Fsp3) is 0.538. The third-order valence-electron chi connectivity index (χ3n) is 3.30. The van der Waals surface area contributed by atoms with Crippen molar-refractivity contribution in [3.05, 3.63) is 34.3 Å². The molecular formula is C13H19BrN2O. The van der Waals surface area contributed by atoms with Crippen LogP contribution in [0.4, 0.5) is 0 Å². The van der Waals surface area contributed by atoms with E-state index in [9.17, 15) is 0 Å². The van der Waals surface area contributed by atoms with Crippen LogP contribution in [-0.4, -0.2) is 18.2 Å². The Kier molecular flexibility index (Phi) is 4.56. The zero-order valence-electron chi connectivity index (χ0n) is 10.0. The van der Waals surface area contributed by atoms with E-state index in [0.717, 1.165) is 23.7 Å². The lowest BCUT2D eigenvalue weighted by Crippen LogP contribution is -2.45. The topological polar surface area (TPSA) is 47.3 Å². The molecule has 1 aliphatic heterocycles. The van der Waals surface area contributed by atoms with Gasteiger partial charge in [0.15, 0.2) is 0 Å². The molecule has 1 aliphatic rings. The molecule has 1 aromatic rings. The van der Waals surface area contributed by atoms with Gasteiger partial charge in [0.2, 0.25) is 0 Å². The van der Waals surface area contributed by atoms with E-state index in [2.05, 4.69) is 52.5 Å². The highest BCUT2D eigenvalue weighted by atomic mass is 79.9. The van der Waals surface area contributed by atoms with Crippen LogP contribution in [0.15, 0.2) is 28.7 Å². The van der Waals surface area contributed by atoms with Gasteiger partial charge in [-0.05, 0) is 43.9 Å². The van der Waals surface area contributed by atoms with Crippen molar-refractivity contribution in [1.29, 1.82) is 0 Å². The van der Waals surface area contributed by atoms with Crippen LogP contribution in [0.1, 0.15) is 25.3 Å². The highest BCUT2D eigenvalue weighted by molar-refractivity contribution is 9.10. The molecule has 4 heteroatoms. The Balaban J connectivity index is 1.97. The first-order chi connectivity index (χ1) is 8.19. The third kappa shape index (κ3) is 3.52. The fourth-order valence-electron chi connectivity index (χ4n) is 2.30. The molecule has 0 spiro atoms. The lowest BCUT2D eigenvalue weighted by atomic mass is 10.00. The maximum atomic E-state index is 5.86. The maximum Gasteiger partial charge on any atom is 0.0749 e. The Morgan fingerprint density at radius 2 is 2.12 bits per heavy atom. The first-order valence-electron chi connectivity index (χ1n) is 6.05. The SMILES string of the molecule is CC1CCC(C(Cc2ccc(Br)cc2)NN)O1. The third-order valence-corrected chi connectivity index (χ3v) is 3.83. The van der Waals surface area contributed by atoms with Crippen LogP contribution in [0.2, 0.25) is 0 Å². The van der Waals surface area contributed by atoms with Crippen molar-refractivity contribution in [2.75, 3.05) is 0 Å². The standard InChI is InChI=1S/C13H19BrN2O/c1-9-2-7-13(17-9)12(16-15)8-10-3-5-11(14)6-4-10/h3-6,9,12-13,16H,2,7-8,15H2,1H3. The van der Waals surface area contributed by atoms with Crippen LogP contribution in [-0.2, 0) is 11.2 Å². The summed E-state index contributed by atoms with van der Waals surface area (Å²) < 4.78 is 6.96. The lowest BCUT2D eigenvalue weighted by molar-refractivity contribution is 0.0320. The molecule has 0 aromatic heterocycles. The molecule has 94 valence electrons. The predicted octanol–water partition coefficient (Wildman–Crippen LogP) is 2.39. The van der Waals surface area contributed by atoms with E-state index in [-0.39, 0.29) is 12.1 Å². The van der Waals surface area contributed by atoms with Crippen molar-refractivity contribution >= 4 is 15.9 Å². The number of halogens is 1. The minimum absolute atomic E-state index is 0.195. The molecule has 0 bridgehead atoms. The average molecular weight is 299 g/mol. The fourth-order valence-corrected chi connectivity index (χ4v) is 2.57. The van der Waals surface area contributed by atoms with Crippen molar-refractivity contribution in [2.24, 2.45) is 5.84 Å². The molecule has 3 N–H and O–H groups in total. The molecule has 17 heavy (non-hydrogen) atoms. The Bertz CT molecular complexity index is 355. The van der Waals surface area contributed by atoms with Gasteiger partial charge in [0.05, 0.1) is 18.2 Å². The van der Waals surface area contributed by atoms with Gasteiger partial charge in [-0.3, -0.25) is 11.3 Å². The summed E-state index contributed by atoms with van der Waals surface area (Å²) in [5.74, 6) is 5.64. The van der Waals surface area contributed by atoms with Gasteiger partial charge in [0.1, 0.15) is 0 Å². The number of hydrogen-bond donors (Lipinski definition) is 2. The second kappa shape index (κ2) is 5.96. The van der Waals surface area contributed by atoms with E-state index in [1.165, 1.54) is 5.56 Å². The van der Waals surface area contributed by atoms with Crippen LogP contribution >= 0.6 is 15.9 Å². The van der Waals surface area contributed by atoms with Gasteiger partial charge in [0, 0.05) is 4.47 Å². The van der Waals surface area contributed by atoms with Crippen molar-refractivity contribution in [2.45, 2.75) is 44.4 Å². The molecule has 0 saturated carbocycles. The van der Waals surface area contributed by atoms with Gasteiger partial charge in [0.25, 0.3) is 0 Å². The summed E-state index contributed by atoms with van der Waals surface area (Å²) in [7, 11) is 0. The summed E-state index contributed by atoms with van der Waals surface area (Å²) in [4.78, 5) is 0. The normalized spacial score (nSPS) is 26.1. The van der Waals surface area contributed by atoms with Crippen molar-refractivity contribution in [3.63, 3.8) is 0 Å². The zero-order chi connectivity index (χ0) is 12.3. The molecule has 1 heterocycles. The van der Waals surface area contributed by atoms with E-state index in [4.69, 9.17) is 10.6 Å². The second-order valence-electron chi connectivity index (χ2n) is 4.67. The Labute approximate surface area is 111 Å². The number of hydrazine groups is 1. The summed E-state index contributed by atoms with van der Waals surface area (Å²) >= 11 is 3.44. The van der Waals surface area contributed by atoms with E-state index < -0.39 is 0 Å². The molecule has 3 unspecified atom stereocenters. The van der Waals surface area contributed by atoms with E-state index >= 15 is 0 Å². The molecule has 0 radical (unpaired) electrons. The van der Waals surface area contributed by atoms with E-state index in [0.29, 0.717) is 6.10 Å². The van der Waals surface area contributed by atoms with Crippen LogP contribution in [0.25, 0.3) is 0 Å². The molecule has 0 aliphatic carbocycles. The zero-order valence-corrected chi connectivity index (χ0v) is 11.6. The van der Waals surface area contributed by atoms with Crippen molar-refractivity contribution < 1.29 is 4.74 Å². The maximum absolute atomic E-state index is 5.86. The largest absolute Gasteiger partial charge is 0.374 e. The molecule has 3 nitrogen and oxygen atoms in total. The molecular weight excluding hydrogens is 280 g/mol. The number of benzene rings is 1. The molecule has 1 saturated heterocycles. The van der Waals surface area contributed by atoms with Gasteiger partial charge < -0.3 is 4.74 Å². The number of nitrogens with one attached hydrogen (secondary N) is 1. The van der Waals surface area contributed by atoms with Crippen LogP contribution in [0, 0.1) is 0 Å². The Morgan fingerprint density at radius 3 is 2.65 bits per heavy atom. The molecule has 3 atom stereocenters. The van der Waals surface area contributed by atoms with Gasteiger partial charge in [-0.15, -0.1) is 0 Å². The summed E-state index contributed by atoms with van der Waals surface area (Å²) in [5.41, 5.74) is 4.17. The van der Waals surface area contributed by atoms with Crippen molar-refractivity contribution in [1.82, 2.24) is 5.43 Å². The van der Waals surface area contributed by atoms with Gasteiger partial charge in [-0.25, -0.2) is 0 Å². The second-order valence-corrected chi connectivity index (χ2v) is 5.58.